The number of furan rings is 1. The number of fused-ring (bicyclic) bond motifs is 2. The van der Waals surface area contributed by atoms with Gasteiger partial charge in [-0.15, -0.1) is 11.3 Å². The Kier molecular flexibility index (Phi) is 9.39. The van der Waals surface area contributed by atoms with Crippen LogP contribution in [0.3, 0.4) is 0 Å². The minimum atomic E-state index is -1.02. The van der Waals surface area contributed by atoms with Gasteiger partial charge in [-0.2, -0.15) is 0 Å². The molecule has 1 amide bonds. The van der Waals surface area contributed by atoms with Gasteiger partial charge in [0.1, 0.15) is 11.3 Å². The highest BCUT2D eigenvalue weighted by molar-refractivity contribution is 7.13. The number of likely N-dealkylation sites (N-methyl/N-ethyl adjacent to an activating group) is 1. The Balaban J connectivity index is 1.42. The normalized spacial score (nSPS) is 12.2. The van der Waals surface area contributed by atoms with E-state index in [1.54, 1.807) is 32.2 Å². The Morgan fingerprint density at radius 1 is 1.04 bits per heavy atom. The van der Waals surface area contributed by atoms with Crippen LogP contribution >= 0.6 is 11.3 Å². The molecule has 0 saturated carbocycles. The molecule has 45 heavy (non-hydrogen) atoms. The molecule has 5 rings (SSSR count). The number of hydrogen-bond acceptors (Lipinski definition) is 7. The Morgan fingerprint density at radius 2 is 1.84 bits per heavy atom. The maximum Gasteiger partial charge on any atom is 0.305 e. The van der Waals surface area contributed by atoms with Crippen LogP contribution in [0.5, 0.6) is 5.75 Å². The van der Waals surface area contributed by atoms with Crippen molar-refractivity contribution < 1.29 is 23.5 Å². The number of amides is 1. The number of unbranched alkanes of at least 4 members (excludes halogenated alkanes) is 1. The first-order chi connectivity index (χ1) is 21.4. The van der Waals surface area contributed by atoms with Crippen LogP contribution in [-0.4, -0.2) is 40.7 Å². The number of aryl methyl sites for hydroxylation is 1. The SMILES string of the molecule is CCOC(=O)CCCCc1cn(Cc2ccc3oc(-c4nc(C(C)(C)C)cs4)cc3c2)c2ccc(OC(C)(C)C(=O)NC)cc12. The standard InChI is InChI=1S/C36H43N3O5S/c1-8-42-32(40)12-10-9-11-24-21-39(28-15-14-26(19-27(24)28)44-36(5,6)34(41)37-7)20-23-13-16-29-25(17-23)18-30(43-29)33-38-31(22-45-33)35(2,3)4/h13-19,21-22H,8-12,20H2,1-7H3,(H,37,41). The van der Waals surface area contributed by atoms with Gasteiger partial charge in [-0.1, -0.05) is 26.8 Å². The highest BCUT2D eigenvalue weighted by atomic mass is 32.1. The molecule has 238 valence electrons. The topological polar surface area (TPSA) is 95.6 Å². The Hall–Kier alpha value is -4.11. The fraction of sp³-hybridized carbons (Fsp3) is 0.417. The maximum atomic E-state index is 12.4. The summed E-state index contributed by atoms with van der Waals surface area (Å²) in [7, 11) is 1.61. The average molecular weight is 630 g/mol. The van der Waals surface area contributed by atoms with Gasteiger partial charge in [0.2, 0.25) is 0 Å². The monoisotopic (exact) mass is 629 g/mol. The van der Waals surface area contributed by atoms with E-state index >= 15 is 0 Å². The highest BCUT2D eigenvalue weighted by Crippen LogP contribution is 2.34. The molecule has 0 saturated heterocycles. The van der Waals surface area contributed by atoms with E-state index in [4.69, 9.17) is 18.9 Å². The van der Waals surface area contributed by atoms with Crippen molar-refractivity contribution in [2.75, 3.05) is 13.7 Å². The lowest BCUT2D eigenvalue weighted by Gasteiger charge is -2.24. The summed E-state index contributed by atoms with van der Waals surface area (Å²) in [5, 5.41) is 7.78. The van der Waals surface area contributed by atoms with Crippen LogP contribution in [0.2, 0.25) is 0 Å². The molecule has 3 heterocycles. The summed E-state index contributed by atoms with van der Waals surface area (Å²) >= 11 is 1.61. The zero-order valence-corrected chi connectivity index (χ0v) is 28.1. The van der Waals surface area contributed by atoms with Gasteiger partial charge in [-0.05, 0) is 87.6 Å². The van der Waals surface area contributed by atoms with Gasteiger partial charge in [0, 0.05) is 53.3 Å². The van der Waals surface area contributed by atoms with Crippen molar-refractivity contribution >= 4 is 45.1 Å². The molecule has 0 bridgehead atoms. The van der Waals surface area contributed by atoms with E-state index < -0.39 is 5.60 Å². The predicted octanol–water partition coefficient (Wildman–Crippen LogP) is 8.04. The molecule has 0 aliphatic heterocycles. The van der Waals surface area contributed by atoms with Crippen molar-refractivity contribution in [3.05, 3.63) is 70.9 Å². The molecule has 0 aliphatic rings. The Labute approximate surface area is 268 Å². The van der Waals surface area contributed by atoms with E-state index in [1.807, 2.05) is 25.1 Å². The first-order valence-electron chi connectivity index (χ1n) is 15.6. The minimum absolute atomic E-state index is 0.0134. The number of carbonyl (C=O) groups excluding carboxylic acids is 2. The number of esters is 1. The second-order valence-electron chi connectivity index (χ2n) is 12.9. The number of benzene rings is 2. The number of ether oxygens (including phenoxy) is 2. The van der Waals surface area contributed by atoms with Crippen LogP contribution in [0.15, 0.2) is 58.5 Å². The Bertz CT molecular complexity index is 1820. The molecule has 0 atom stereocenters. The van der Waals surface area contributed by atoms with E-state index in [9.17, 15) is 9.59 Å². The molecular formula is C36H43N3O5S. The van der Waals surface area contributed by atoms with Crippen molar-refractivity contribution in [2.24, 2.45) is 0 Å². The van der Waals surface area contributed by atoms with Crippen LogP contribution in [0, 0.1) is 0 Å². The molecule has 2 aromatic carbocycles. The van der Waals surface area contributed by atoms with Crippen LogP contribution in [0.1, 0.15) is 77.6 Å². The number of nitrogens with one attached hydrogen (secondary N) is 1. The molecule has 5 aromatic rings. The van der Waals surface area contributed by atoms with E-state index in [0.717, 1.165) is 63.2 Å². The first kappa shape index (κ1) is 32.3. The summed E-state index contributed by atoms with van der Waals surface area (Å²) < 4.78 is 19.7. The van der Waals surface area contributed by atoms with Gasteiger partial charge in [0.05, 0.1) is 12.3 Å². The molecule has 3 aromatic heterocycles. The number of hydrogen-bond donors (Lipinski definition) is 1. The zero-order chi connectivity index (χ0) is 32.4. The molecule has 0 spiro atoms. The number of aromatic nitrogens is 2. The number of thiazole rings is 1. The zero-order valence-electron chi connectivity index (χ0n) is 27.3. The van der Waals surface area contributed by atoms with Crippen molar-refractivity contribution in [1.29, 1.82) is 0 Å². The summed E-state index contributed by atoms with van der Waals surface area (Å²) in [4.78, 5) is 29.1. The highest BCUT2D eigenvalue weighted by Gasteiger charge is 2.29. The first-order valence-corrected chi connectivity index (χ1v) is 16.4. The summed E-state index contributed by atoms with van der Waals surface area (Å²) in [5.74, 6) is 1.06. The number of carbonyl (C=O) groups is 2. The van der Waals surface area contributed by atoms with E-state index in [-0.39, 0.29) is 17.3 Å². The molecule has 0 aliphatic carbocycles. The fourth-order valence-electron chi connectivity index (χ4n) is 5.43. The predicted molar refractivity (Wildman–Crippen MR) is 180 cm³/mol. The van der Waals surface area contributed by atoms with E-state index in [0.29, 0.717) is 25.3 Å². The third kappa shape index (κ3) is 7.41. The number of rotatable bonds is 12. The van der Waals surface area contributed by atoms with Gasteiger partial charge < -0.3 is 23.8 Å². The summed E-state index contributed by atoms with van der Waals surface area (Å²) in [6.07, 6.45) is 5.01. The van der Waals surface area contributed by atoms with Crippen molar-refractivity contribution in [3.8, 4) is 16.5 Å². The second kappa shape index (κ2) is 13.1. The van der Waals surface area contributed by atoms with Gasteiger partial charge in [-0.3, -0.25) is 9.59 Å². The van der Waals surface area contributed by atoms with E-state index in [1.165, 1.54) is 5.56 Å². The molecule has 1 N–H and O–H groups in total. The molecule has 9 heteroatoms. The molecule has 0 unspecified atom stereocenters. The van der Waals surface area contributed by atoms with Crippen LogP contribution in [0.25, 0.3) is 32.6 Å². The van der Waals surface area contributed by atoms with Crippen molar-refractivity contribution in [3.63, 3.8) is 0 Å². The quantitative estimate of drug-likeness (QED) is 0.111. The van der Waals surface area contributed by atoms with Crippen molar-refractivity contribution in [2.45, 2.75) is 84.8 Å². The fourth-order valence-corrected chi connectivity index (χ4v) is 6.43. The van der Waals surface area contributed by atoms with Crippen LogP contribution in [-0.2, 0) is 32.7 Å². The van der Waals surface area contributed by atoms with Crippen LogP contribution in [0.4, 0.5) is 0 Å². The minimum Gasteiger partial charge on any atom is -0.478 e. The molecular weight excluding hydrogens is 586 g/mol. The van der Waals surface area contributed by atoms with Crippen molar-refractivity contribution in [1.82, 2.24) is 14.9 Å². The number of nitrogens with zero attached hydrogens (tertiary/aromatic N) is 2. The summed E-state index contributed by atoms with van der Waals surface area (Å²) in [6.45, 7) is 12.9. The average Bonchev–Trinajstić information content (AvgIpc) is 3.72. The lowest BCUT2D eigenvalue weighted by molar-refractivity contribution is -0.143. The maximum absolute atomic E-state index is 12.4. The van der Waals surface area contributed by atoms with Crippen LogP contribution < -0.4 is 10.1 Å². The smallest absolute Gasteiger partial charge is 0.305 e. The van der Waals surface area contributed by atoms with E-state index in [2.05, 4.69) is 66.5 Å². The van der Waals surface area contributed by atoms with Gasteiger partial charge in [-0.25, -0.2) is 4.98 Å². The Morgan fingerprint density at radius 3 is 2.56 bits per heavy atom. The molecule has 0 fully saturated rings. The van der Waals surface area contributed by atoms with Gasteiger partial charge >= 0.3 is 5.97 Å². The molecule has 8 nitrogen and oxygen atoms in total. The lowest BCUT2D eigenvalue weighted by atomic mass is 9.93. The third-order valence-corrected chi connectivity index (χ3v) is 8.74. The second-order valence-corrected chi connectivity index (χ2v) is 13.8. The van der Waals surface area contributed by atoms with Gasteiger partial charge in [0.15, 0.2) is 16.4 Å². The summed E-state index contributed by atoms with van der Waals surface area (Å²) in [5.41, 5.74) is 4.26. The summed E-state index contributed by atoms with van der Waals surface area (Å²) in [6, 6.07) is 14.4. The molecule has 0 radical (unpaired) electrons. The lowest BCUT2D eigenvalue weighted by Crippen LogP contribution is -2.45. The largest absolute Gasteiger partial charge is 0.478 e. The van der Waals surface area contributed by atoms with Gasteiger partial charge in [0.25, 0.3) is 5.91 Å². The third-order valence-electron chi connectivity index (χ3n) is 7.88.